The van der Waals surface area contributed by atoms with Crippen molar-refractivity contribution >= 4 is 29.1 Å². The number of aromatic nitrogens is 2. The van der Waals surface area contributed by atoms with Crippen molar-refractivity contribution < 1.29 is 22.7 Å². The molecule has 0 unspecified atom stereocenters. The van der Waals surface area contributed by atoms with Crippen LogP contribution in [-0.2, 0) is 17.8 Å². The first-order valence-corrected chi connectivity index (χ1v) is 10.2. The highest BCUT2D eigenvalue weighted by molar-refractivity contribution is 6.32. The van der Waals surface area contributed by atoms with Gasteiger partial charge in [0.2, 0.25) is 5.91 Å². The van der Waals surface area contributed by atoms with E-state index >= 15 is 0 Å². The molecule has 2 heterocycles. The van der Waals surface area contributed by atoms with E-state index in [1.807, 2.05) is 25.7 Å². The Labute approximate surface area is 183 Å². The molecule has 0 bridgehead atoms. The monoisotopic (exact) mass is 456 g/mol. The Morgan fingerprint density at radius 1 is 1.19 bits per heavy atom. The van der Waals surface area contributed by atoms with Gasteiger partial charge in [-0.3, -0.25) is 4.79 Å². The molecule has 168 valence electrons. The Bertz CT molecular complexity index is 943. The number of hydrogen-bond acceptors (Lipinski definition) is 5. The molecule has 0 spiro atoms. The van der Waals surface area contributed by atoms with Crippen LogP contribution in [-0.4, -0.2) is 28.8 Å². The summed E-state index contributed by atoms with van der Waals surface area (Å²) < 4.78 is 40.9. The highest BCUT2D eigenvalue weighted by Gasteiger charge is 2.31. The van der Waals surface area contributed by atoms with Crippen molar-refractivity contribution in [2.75, 3.05) is 16.8 Å². The summed E-state index contributed by atoms with van der Waals surface area (Å²) in [5.41, 5.74) is 1.34. The average molecular weight is 457 g/mol. The SMILES string of the molecule is CC(C)(C)CC(=O)Nc1nc2c(nc1Cl)N(Cc1ccc(OC(F)(F)F)cc1)CCC2. The van der Waals surface area contributed by atoms with E-state index in [-0.39, 0.29) is 28.0 Å². The number of benzene rings is 1. The number of nitrogens with one attached hydrogen (secondary N) is 1. The van der Waals surface area contributed by atoms with Gasteiger partial charge in [-0.1, -0.05) is 44.5 Å². The first-order chi connectivity index (χ1) is 14.4. The van der Waals surface area contributed by atoms with Crippen LogP contribution in [0.4, 0.5) is 24.8 Å². The van der Waals surface area contributed by atoms with E-state index in [2.05, 4.69) is 20.0 Å². The molecule has 2 aromatic rings. The molecule has 1 aromatic carbocycles. The molecule has 1 N–H and O–H groups in total. The van der Waals surface area contributed by atoms with E-state index in [1.54, 1.807) is 12.1 Å². The van der Waals surface area contributed by atoms with Crippen molar-refractivity contribution in [2.24, 2.45) is 5.41 Å². The minimum atomic E-state index is -4.72. The van der Waals surface area contributed by atoms with Crippen molar-refractivity contribution in [3.05, 3.63) is 40.7 Å². The molecule has 31 heavy (non-hydrogen) atoms. The number of alkyl halides is 3. The number of carbonyl (C=O) groups is 1. The maximum Gasteiger partial charge on any atom is 0.573 e. The summed E-state index contributed by atoms with van der Waals surface area (Å²) in [6.07, 6.45) is -2.88. The second kappa shape index (κ2) is 8.90. The van der Waals surface area contributed by atoms with E-state index in [1.165, 1.54) is 12.1 Å². The van der Waals surface area contributed by atoms with Gasteiger partial charge in [-0.25, -0.2) is 9.97 Å². The molecule has 0 radical (unpaired) electrons. The number of anilines is 2. The zero-order chi connectivity index (χ0) is 22.8. The Morgan fingerprint density at radius 3 is 2.48 bits per heavy atom. The molecular formula is C21H24ClF3N4O2. The average Bonchev–Trinajstić information content (AvgIpc) is 2.62. The normalized spacial score (nSPS) is 14.2. The number of fused-ring (bicyclic) bond motifs is 1. The van der Waals surface area contributed by atoms with Crippen LogP contribution in [0.25, 0.3) is 0 Å². The van der Waals surface area contributed by atoms with Crippen molar-refractivity contribution in [3.8, 4) is 5.75 Å². The fourth-order valence-corrected chi connectivity index (χ4v) is 3.48. The number of halogens is 4. The summed E-state index contributed by atoms with van der Waals surface area (Å²) >= 11 is 6.29. The molecule has 0 saturated heterocycles. The van der Waals surface area contributed by atoms with Crippen LogP contribution in [0.15, 0.2) is 24.3 Å². The summed E-state index contributed by atoms with van der Waals surface area (Å²) in [5, 5.41) is 2.84. The molecule has 10 heteroatoms. The van der Waals surface area contributed by atoms with Crippen molar-refractivity contribution in [1.29, 1.82) is 0 Å². The first kappa shape index (κ1) is 23.1. The Hall–Kier alpha value is -2.55. The van der Waals surface area contributed by atoms with Crippen LogP contribution < -0.4 is 15.0 Å². The summed E-state index contributed by atoms with van der Waals surface area (Å²) in [5.74, 6) is 0.400. The zero-order valence-corrected chi connectivity index (χ0v) is 18.3. The van der Waals surface area contributed by atoms with Crippen molar-refractivity contribution in [2.45, 2.75) is 52.9 Å². The lowest BCUT2D eigenvalue weighted by Gasteiger charge is -2.30. The standard InChI is InChI=1S/C21H24ClF3N4O2/c1-20(2,3)11-16(30)27-18-17(22)28-19-15(26-18)5-4-10-29(19)12-13-6-8-14(9-7-13)31-21(23,24)25/h6-9H,4-5,10-12H2,1-3H3,(H,26,27,30). The van der Waals surface area contributed by atoms with Gasteiger partial charge in [0, 0.05) is 19.5 Å². The van der Waals surface area contributed by atoms with Crippen molar-refractivity contribution in [3.63, 3.8) is 0 Å². The van der Waals surface area contributed by atoms with Gasteiger partial charge in [0.05, 0.1) is 5.69 Å². The van der Waals surface area contributed by atoms with Crippen LogP contribution in [0.2, 0.25) is 5.15 Å². The molecular weight excluding hydrogens is 433 g/mol. The quantitative estimate of drug-likeness (QED) is 0.656. The Balaban J connectivity index is 1.74. The van der Waals surface area contributed by atoms with E-state index in [9.17, 15) is 18.0 Å². The predicted octanol–water partition coefficient (Wildman–Crippen LogP) is 5.36. The lowest BCUT2D eigenvalue weighted by Crippen LogP contribution is -2.31. The molecule has 6 nitrogen and oxygen atoms in total. The molecule has 1 amide bonds. The first-order valence-electron chi connectivity index (χ1n) is 9.85. The van der Waals surface area contributed by atoms with Gasteiger partial charge < -0.3 is 15.0 Å². The third kappa shape index (κ3) is 6.72. The Morgan fingerprint density at radius 2 is 1.87 bits per heavy atom. The molecule has 0 saturated carbocycles. The highest BCUT2D eigenvalue weighted by Crippen LogP contribution is 2.31. The molecule has 0 fully saturated rings. The highest BCUT2D eigenvalue weighted by atomic mass is 35.5. The van der Waals surface area contributed by atoms with Gasteiger partial charge in [-0.2, -0.15) is 0 Å². The number of rotatable bonds is 5. The molecule has 1 aliphatic rings. The number of carbonyl (C=O) groups excluding carboxylic acids is 1. The summed E-state index contributed by atoms with van der Waals surface area (Å²) in [4.78, 5) is 23.2. The topological polar surface area (TPSA) is 67.4 Å². The van der Waals surface area contributed by atoms with Crippen LogP contribution in [0.1, 0.15) is 44.9 Å². The molecule has 1 aromatic heterocycles. The minimum absolute atomic E-state index is 0.0989. The summed E-state index contributed by atoms with van der Waals surface area (Å²) in [6.45, 7) is 7.03. The summed E-state index contributed by atoms with van der Waals surface area (Å²) in [7, 11) is 0. The second-order valence-electron chi connectivity index (χ2n) is 8.64. The smallest absolute Gasteiger partial charge is 0.406 e. The fourth-order valence-electron chi connectivity index (χ4n) is 3.31. The number of nitrogens with zero attached hydrogens (tertiary/aromatic N) is 3. The van der Waals surface area contributed by atoms with E-state index in [0.29, 0.717) is 31.7 Å². The van der Waals surface area contributed by atoms with Gasteiger partial charge in [-0.05, 0) is 36.0 Å². The maximum atomic E-state index is 12.3. The largest absolute Gasteiger partial charge is 0.573 e. The molecule has 0 atom stereocenters. The van der Waals surface area contributed by atoms with Gasteiger partial charge in [0.1, 0.15) is 5.75 Å². The van der Waals surface area contributed by atoms with Crippen LogP contribution in [0.5, 0.6) is 5.75 Å². The number of amides is 1. The number of ether oxygens (including phenoxy) is 1. The van der Waals surface area contributed by atoms with E-state index < -0.39 is 6.36 Å². The number of aryl methyl sites for hydroxylation is 1. The lowest BCUT2D eigenvalue weighted by atomic mass is 9.92. The third-order valence-corrected chi connectivity index (χ3v) is 4.79. The van der Waals surface area contributed by atoms with Gasteiger partial charge in [-0.15, -0.1) is 13.2 Å². The van der Waals surface area contributed by atoms with Gasteiger partial charge in [0.15, 0.2) is 16.8 Å². The molecule has 1 aliphatic heterocycles. The minimum Gasteiger partial charge on any atom is -0.406 e. The van der Waals surface area contributed by atoms with Crippen LogP contribution in [0, 0.1) is 5.41 Å². The third-order valence-electron chi connectivity index (χ3n) is 4.52. The predicted molar refractivity (Wildman–Crippen MR) is 112 cm³/mol. The van der Waals surface area contributed by atoms with Gasteiger partial charge >= 0.3 is 6.36 Å². The fraction of sp³-hybridized carbons (Fsp3) is 0.476. The molecule has 0 aliphatic carbocycles. The Kier molecular flexibility index (Phi) is 6.64. The number of hydrogen-bond donors (Lipinski definition) is 1. The zero-order valence-electron chi connectivity index (χ0n) is 17.5. The maximum absolute atomic E-state index is 12.3. The van der Waals surface area contributed by atoms with E-state index in [4.69, 9.17) is 11.6 Å². The van der Waals surface area contributed by atoms with E-state index in [0.717, 1.165) is 17.7 Å². The summed E-state index contributed by atoms with van der Waals surface area (Å²) in [6, 6.07) is 5.71. The van der Waals surface area contributed by atoms with Crippen LogP contribution >= 0.6 is 11.6 Å². The van der Waals surface area contributed by atoms with Gasteiger partial charge in [0.25, 0.3) is 0 Å². The van der Waals surface area contributed by atoms with Crippen molar-refractivity contribution in [1.82, 2.24) is 9.97 Å². The lowest BCUT2D eigenvalue weighted by molar-refractivity contribution is -0.274. The second-order valence-corrected chi connectivity index (χ2v) is 8.99. The van der Waals surface area contributed by atoms with Crippen LogP contribution in [0.3, 0.4) is 0 Å². The molecule has 3 rings (SSSR count).